The zero-order valence-electron chi connectivity index (χ0n) is 18.7. The lowest BCUT2D eigenvalue weighted by molar-refractivity contribution is 0.134. The van der Waals surface area contributed by atoms with Crippen molar-refractivity contribution in [2.45, 2.75) is 46.9 Å². The van der Waals surface area contributed by atoms with Crippen LogP contribution < -0.4 is 10.6 Å². The Morgan fingerprint density at radius 1 is 1.03 bits per heavy atom. The summed E-state index contributed by atoms with van der Waals surface area (Å²) in [7, 11) is 0. The van der Waals surface area contributed by atoms with Gasteiger partial charge in [-0.3, -0.25) is 0 Å². The lowest BCUT2D eigenvalue weighted by Gasteiger charge is -2.12. The Kier molecular flexibility index (Phi) is 10.8. The topological polar surface area (TPSA) is 63.5 Å². The van der Waals surface area contributed by atoms with Crippen molar-refractivity contribution < 1.29 is 4.74 Å². The van der Waals surface area contributed by atoms with E-state index in [9.17, 15) is 0 Å². The first-order chi connectivity index (χ1) is 14.7. The van der Waals surface area contributed by atoms with E-state index in [0.717, 1.165) is 50.0 Å². The molecule has 0 fully saturated rings. The normalized spacial score (nSPS) is 11.4. The number of hydrogen-bond acceptors (Lipinski definition) is 3. The molecule has 0 unspecified atom stereocenters. The maximum absolute atomic E-state index is 5.45. The highest BCUT2D eigenvalue weighted by molar-refractivity contribution is 14.0. The molecule has 0 aliphatic rings. The number of nitrogens with zero attached hydrogens (tertiary/aromatic N) is 3. The van der Waals surface area contributed by atoms with Crippen molar-refractivity contribution in [1.82, 2.24) is 20.2 Å². The summed E-state index contributed by atoms with van der Waals surface area (Å²) < 4.78 is 7.73. The lowest BCUT2D eigenvalue weighted by atomic mass is 10.1. The minimum atomic E-state index is 0. The number of hydrogen-bond donors (Lipinski definition) is 2. The number of benzene rings is 2. The molecule has 1 aromatic heterocycles. The number of fused-ring (bicyclic) bond motifs is 1. The highest BCUT2D eigenvalue weighted by atomic mass is 127. The maximum atomic E-state index is 5.45. The number of guanidine groups is 1. The van der Waals surface area contributed by atoms with Gasteiger partial charge in [0.05, 0.1) is 24.2 Å². The maximum Gasteiger partial charge on any atom is 0.191 e. The average molecular weight is 535 g/mol. The molecule has 7 heteroatoms. The number of aryl methyl sites for hydroxylation is 2. The summed E-state index contributed by atoms with van der Waals surface area (Å²) >= 11 is 0. The summed E-state index contributed by atoms with van der Waals surface area (Å²) in [5.74, 6) is 1.91. The number of rotatable bonds is 10. The van der Waals surface area contributed by atoms with Gasteiger partial charge in [-0.25, -0.2) is 9.98 Å². The van der Waals surface area contributed by atoms with Gasteiger partial charge in [0.1, 0.15) is 5.82 Å². The fourth-order valence-corrected chi connectivity index (χ4v) is 3.40. The quantitative estimate of drug-likeness (QED) is 0.172. The summed E-state index contributed by atoms with van der Waals surface area (Å²) in [4.78, 5) is 9.36. The third kappa shape index (κ3) is 7.50. The fourth-order valence-electron chi connectivity index (χ4n) is 3.40. The molecule has 3 aromatic rings. The minimum absolute atomic E-state index is 0. The molecule has 3 rings (SSSR count). The Balaban J connectivity index is 0.00000341. The zero-order chi connectivity index (χ0) is 21.2. The molecule has 168 valence electrons. The summed E-state index contributed by atoms with van der Waals surface area (Å²) in [6.45, 7) is 10.8. The van der Waals surface area contributed by atoms with Crippen LogP contribution in [-0.2, 0) is 24.4 Å². The second-order valence-corrected chi connectivity index (χ2v) is 7.23. The highest BCUT2D eigenvalue weighted by Crippen LogP contribution is 2.15. The molecule has 0 spiro atoms. The third-order valence-electron chi connectivity index (χ3n) is 4.96. The van der Waals surface area contributed by atoms with E-state index in [4.69, 9.17) is 9.73 Å². The van der Waals surface area contributed by atoms with Gasteiger partial charge in [0.15, 0.2) is 5.96 Å². The second kappa shape index (κ2) is 13.3. The minimum Gasteiger partial charge on any atom is -0.377 e. The third-order valence-corrected chi connectivity index (χ3v) is 4.96. The van der Waals surface area contributed by atoms with E-state index in [1.54, 1.807) is 0 Å². The van der Waals surface area contributed by atoms with Crippen molar-refractivity contribution >= 4 is 41.0 Å². The molecule has 0 saturated heterocycles. The summed E-state index contributed by atoms with van der Waals surface area (Å²) in [5.41, 5.74) is 4.64. The number of aromatic nitrogens is 2. The van der Waals surface area contributed by atoms with Gasteiger partial charge in [0.25, 0.3) is 0 Å². The van der Waals surface area contributed by atoms with Gasteiger partial charge in [0, 0.05) is 26.2 Å². The average Bonchev–Trinajstić information content (AvgIpc) is 3.09. The lowest BCUT2D eigenvalue weighted by Crippen LogP contribution is -2.38. The predicted molar refractivity (Wildman–Crippen MR) is 139 cm³/mol. The Labute approximate surface area is 202 Å². The van der Waals surface area contributed by atoms with E-state index in [1.807, 2.05) is 13.0 Å². The van der Waals surface area contributed by atoms with E-state index in [1.165, 1.54) is 16.6 Å². The number of imidazole rings is 1. The molecule has 0 amide bonds. The second-order valence-electron chi connectivity index (χ2n) is 7.23. The molecule has 6 nitrogen and oxygen atoms in total. The van der Waals surface area contributed by atoms with Crippen molar-refractivity contribution in [1.29, 1.82) is 0 Å². The Hall–Kier alpha value is -2.13. The van der Waals surface area contributed by atoms with Crippen molar-refractivity contribution in [2.75, 3.05) is 19.7 Å². The van der Waals surface area contributed by atoms with E-state index in [-0.39, 0.29) is 24.0 Å². The first-order valence-electron chi connectivity index (χ1n) is 10.8. The van der Waals surface area contributed by atoms with Crippen LogP contribution in [0.4, 0.5) is 0 Å². The van der Waals surface area contributed by atoms with Crippen molar-refractivity contribution in [3.8, 4) is 0 Å². The van der Waals surface area contributed by atoms with Crippen LogP contribution in [0.3, 0.4) is 0 Å². The van der Waals surface area contributed by atoms with E-state index in [0.29, 0.717) is 13.2 Å². The monoisotopic (exact) mass is 535 g/mol. The molecule has 31 heavy (non-hydrogen) atoms. The Morgan fingerprint density at radius 2 is 1.77 bits per heavy atom. The van der Waals surface area contributed by atoms with Gasteiger partial charge in [-0.05, 0) is 50.5 Å². The Morgan fingerprint density at radius 3 is 2.52 bits per heavy atom. The number of ether oxygens (including phenoxy) is 1. The van der Waals surface area contributed by atoms with Crippen LogP contribution in [0, 0.1) is 6.92 Å². The molecule has 0 aliphatic heterocycles. The summed E-state index contributed by atoms with van der Waals surface area (Å²) in [6.07, 6.45) is 0.998. The molecule has 2 aromatic carbocycles. The van der Waals surface area contributed by atoms with Gasteiger partial charge in [-0.2, -0.15) is 0 Å². The predicted octanol–water partition coefficient (Wildman–Crippen LogP) is 4.64. The largest absolute Gasteiger partial charge is 0.377 e. The highest BCUT2D eigenvalue weighted by Gasteiger charge is 2.06. The molecular weight excluding hydrogens is 501 g/mol. The van der Waals surface area contributed by atoms with Crippen LogP contribution in [0.25, 0.3) is 11.0 Å². The molecule has 1 heterocycles. The standard InChI is InChI=1S/C24H33N5O.HI/c1-4-25-24(27-17-20-11-13-21(14-12-20)18-30-5-2)26-15-8-16-29-19(3)28-22-9-6-7-10-23(22)29;/h6-7,9-14H,4-5,8,15-18H2,1-3H3,(H2,25,26,27);1H. The summed E-state index contributed by atoms with van der Waals surface area (Å²) in [6, 6.07) is 16.8. The number of halogens is 1. The van der Waals surface area contributed by atoms with Gasteiger partial charge >= 0.3 is 0 Å². The summed E-state index contributed by atoms with van der Waals surface area (Å²) in [5, 5.41) is 6.77. The van der Waals surface area contributed by atoms with Crippen LogP contribution in [-0.4, -0.2) is 35.2 Å². The van der Waals surface area contributed by atoms with Crippen LogP contribution in [0.2, 0.25) is 0 Å². The van der Waals surface area contributed by atoms with Crippen molar-refractivity contribution in [3.63, 3.8) is 0 Å². The number of para-hydroxylation sites is 2. The Bertz CT molecular complexity index is 952. The molecule has 0 aliphatic carbocycles. The van der Waals surface area contributed by atoms with Crippen LogP contribution in [0.1, 0.15) is 37.2 Å². The number of nitrogens with one attached hydrogen (secondary N) is 2. The van der Waals surface area contributed by atoms with E-state index >= 15 is 0 Å². The smallest absolute Gasteiger partial charge is 0.191 e. The molecular formula is C24H34IN5O. The van der Waals surface area contributed by atoms with Crippen molar-refractivity contribution in [3.05, 3.63) is 65.5 Å². The molecule has 2 N–H and O–H groups in total. The first kappa shape index (κ1) is 25.1. The van der Waals surface area contributed by atoms with E-state index in [2.05, 4.69) is 76.5 Å². The molecule has 0 bridgehead atoms. The zero-order valence-corrected chi connectivity index (χ0v) is 21.1. The van der Waals surface area contributed by atoms with Gasteiger partial charge in [0.2, 0.25) is 0 Å². The molecule has 0 atom stereocenters. The van der Waals surface area contributed by atoms with Crippen LogP contribution in [0.15, 0.2) is 53.5 Å². The van der Waals surface area contributed by atoms with Crippen LogP contribution >= 0.6 is 24.0 Å². The van der Waals surface area contributed by atoms with Gasteiger partial charge < -0.3 is 19.9 Å². The number of aliphatic imine (C=N–C) groups is 1. The molecule has 0 radical (unpaired) electrons. The SMILES string of the molecule is CCNC(=NCc1ccc(COCC)cc1)NCCCn1c(C)nc2ccccc21.I. The fraction of sp³-hybridized carbons (Fsp3) is 0.417. The first-order valence-corrected chi connectivity index (χ1v) is 10.8. The van der Waals surface area contributed by atoms with Gasteiger partial charge in [-0.15, -0.1) is 24.0 Å². The van der Waals surface area contributed by atoms with E-state index < -0.39 is 0 Å². The molecule has 0 saturated carbocycles. The van der Waals surface area contributed by atoms with Crippen molar-refractivity contribution in [2.24, 2.45) is 4.99 Å². The van der Waals surface area contributed by atoms with Gasteiger partial charge in [-0.1, -0.05) is 36.4 Å². The van der Waals surface area contributed by atoms with Crippen LogP contribution in [0.5, 0.6) is 0 Å².